The van der Waals surface area contributed by atoms with Crippen LogP contribution in [-0.4, -0.2) is 52.6 Å². The van der Waals surface area contributed by atoms with Crippen molar-refractivity contribution < 1.29 is 18.8 Å². The second-order valence-electron chi connectivity index (χ2n) is 13.3. The number of hydrogen-bond acceptors (Lipinski definition) is 6. The van der Waals surface area contributed by atoms with E-state index >= 15 is 0 Å². The zero-order valence-electron chi connectivity index (χ0n) is 28.0. The fourth-order valence-corrected chi connectivity index (χ4v) is 11.5. The van der Waals surface area contributed by atoms with Crippen LogP contribution in [0.4, 0.5) is 5.95 Å². The van der Waals surface area contributed by atoms with E-state index in [0.717, 1.165) is 24.1 Å². The number of hydrogen-bond donors (Lipinski definition) is 1. The second-order valence-corrected chi connectivity index (χ2v) is 17.6. The van der Waals surface area contributed by atoms with Crippen LogP contribution in [0.2, 0.25) is 5.04 Å². The maximum absolute atomic E-state index is 13.5. The highest BCUT2D eigenvalue weighted by molar-refractivity contribution is 6.99. The van der Waals surface area contributed by atoms with E-state index < -0.39 is 8.32 Å². The third-order valence-corrected chi connectivity index (χ3v) is 14.1. The van der Waals surface area contributed by atoms with Crippen molar-refractivity contribution in [1.29, 1.82) is 0 Å². The SMILES string of the molecule is CCn1nc(C)cc1C(=O)Nc1nc2cc(C(C)=O)cc3c2n1[C@@H](CCCO[Si](c1ccccc1)(c1ccccc1)C(C)(C)C)CO3. The number of amides is 1. The van der Waals surface area contributed by atoms with Gasteiger partial charge in [-0.1, -0.05) is 81.4 Å². The number of imidazole rings is 1. The first-order valence-corrected chi connectivity index (χ1v) is 18.2. The van der Waals surface area contributed by atoms with Crippen molar-refractivity contribution in [3.63, 3.8) is 0 Å². The fourth-order valence-electron chi connectivity index (χ4n) is 6.86. The Labute approximate surface area is 277 Å². The maximum atomic E-state index is 13.5. The van der Waals surface area contributed by atoms with E-state index in [1.54, 1.807) is 22.9 Å². The van der Waals surface area contributed by atoms with E-state index in [9.17, 15) is 9.59 Å². The van der Waals surface area contributed by atoms with Gasteiger partial charge in [-0.05, 0) is 67.2 Å². The van der Waals surface area contributed by atoms with E-state index in [1.165, 1.54) is 17.3 Å². The first-order valence-electron chi connectivity index (χ1n) is 16.3. The maximum Gasteiger partial charge on any atom is 0.276 e. The molecule has 0 bridgehead atoms. The lowest BCUT2D eigenvalue weighted by molar-refractivity contribution is 0.100. The van der Waals surface area contributed by atoms with E-state index in [2.05, 4.69) is 96.4 Å². The number of rotatable bonds is 11. The van der Waals surface area contributed by atoms with E-state index in [-0.39, 0.29) is 22.8 Å². The number of Topliss-reactive ketones (excluding diaryl/α,β-unsaturated/α-hetero) is 1. The molecule has 3 aromatic carbocycles. The predicted molar refractivity (Wildman–Crippen MR) is 188 cm³/mol. The molecule has 2 aromatic heterocycles. The average Bonchev–Trinajstić information content (AvgIpc) is 3.62. The molecule has 0 radical (unpaired) electrons. The third kappa shape index (κ3) is 6.03. The first-order chi connectivity index (χ1) is 22.5. The molecule has 1 amide bonds. The number of ketones is 1. The summed E-state index contributed by atoms with van der Waals surface area (Å²) in [5.41, 5.74) is 3.14. The number of aryl methyl sites for hydroxylation is 2. The molecule has 1 N–H and O–H groups in total. The minimum atomic E-state index is -2.67. The van der Waals surface area contributed by atoms with Crippen LogP contribution in [-0.2, 0) is 11.0 Å². The van der Waals surface area contributed by atoms with Crippen molar-refractivity contribution in [3.8, 4) is 5.75 Å². The van der Waals surface area contributed by atoms with Gasteiger partial charge in [0.25, 0.3) is 14.2 Å². The van der Waals surface area contributed by atoms with Gasteiger partial charge in [-0.2, -0.15) is 5.10 Å². The number of aromatic nitrogens is 4. The van der Waals surface area contributed by atoms with Crippen LogP contribution in [0.1, 0.15) is 80.0 Å². The molecule has 6 rings (SSSR count). The quantitative estimate of drug-likeness (QED) is 0.102. The first kappa shape index (κ1) is 32.4. The predicted octanol–water partition coefficient (Wildman–Crippen LogP) is 6.31. The zero-order valence-corrected chi connectivity index (χ0v) is 29.0. The smallest absolute Gasteiger partial charge is 0.276 e. The van der Waals surface area contributed by atoms with Gasteiger partial charge in [-0.25, -0.2) is 4.98 Å². The fraction of sp³-hybridized carbons (Fsp3) is 0.351. The van der Waals surface area contributed by atoms with Crippen molar-refractivity contribution in [2.75, 3.05) is 18.5 Å². The van der Waals surface area contributed by atoms with Crippen LogP contribution >= 0.6 is 0 Å². The molecule has 0 aliphatic carbocycles. The minimum Gasteiger partial charge on any atom is -0.489 e. The topological polar surface area (TPSA) is 100 Å². The van der Waals surface area contributed by atoms with Gasteiger partial charge in [0.2, 0.25) is 5.95 Å². The largest absolute Gasteiger partial charge is 0.489 e. The molecular weight excluding hydrogens is 607 g/mol. The van der Waals surface area contributed by atoms with Gasteiger partial charge in [0.1, 0.15) is 23.6 Å². The van der Waals surface area contributed by atoms with Crippen LogP contribution < -0.4 is 20.4 Å². The lowest BCUT2D eigenvalue weighted by Gasteiger charge is -2.43. The van der Waals surface area contributed by atoms with Crippen LogP contribution in [0.15, 0.2) is 78.9 Å². The van der Waals surface area contributed by atoms with Crippen molar-refractivity contribution >= 4 is 47.4 Å². The van der Waals surface area contributed by atoms with E-state index in [4.69, 9.17) is 14.1 Å². The molecule has 1 atom stereocenters. The Morgan fingerprint density at radius 2 is 1.68 bits per heavy atom. The highest BCUT2D eigenvalue weighted by atomic mass is 28.4. The summed E-state index contributed by atoms with van der Waals surface area (Å²) in [6, 6.07) is 26.5. The Balaban J connectivity index is 1.30. The molecule has 9 nitrogen and oxygen atoms in total. The number of carbonyl (C=O) groups excluding carboxylic acids is 2. The summed E-state index contributed by atoms with van der Waals surface area (Å²) in [7, 11) is -2.67. The van der Waals surface area contributed by atoms with Crippen molar-refractivity contribution in [1.82, 2.24) is 19.3 Å². The minimum absolute atomic E-state index is 0.0724. The summed E-state index contributed by atoms with van der Waals surface area (Å²) in [6.07, 6.45) is 1.51. The van der Waals surface area contributed by atoms with Gasteiger partial charge in [-0.3, -0.25) is 19.6 Å². The monoisotopic (exact) mass is 649 g/mol. The lowest BCUT2D eigenvalue weighted by Crippen LogP contribution is -2.66. The van der Waals surface area contributed by atoms with Crippen molar-refractivity contribution in [2.24, 2.45) is 0 Å². The number of anilines is 1. The number of carbonyl (C=O) groups is 2. The van der Waals surface area contributed by atoms with Crippen LogP contribution in [0.5, 0.6) is 5.75 Å². The Morgan fingerprint density at radius 3 is 2.28 bits per heavy atom. The van der Waals surface area contributed by atoms with Gasteiger partial charge in [0.15, 0.2) is 5.78 Å². The summed E-state index contributed by atoms with van der Waals surface area (Å²) >= 11 is 0. The number of benzene rings is 3. The van der Waals surface area contributed by atoms with E-state index in [1.807, 2.05) is 13.8 Å². The summed E-state index contributed by atoms with van der Waals surface area (Å²) in [4.78, 5) is 30.7. The normalized spacial score (nSPS) is 14.6. The molecule has 0 fully saturated rings. The standard InChI is InChI=1S/C37H43N5O4Si/c1-7-41-32(21-25(2)40-41)35(44)39-36-38-31-22-27(26(3)43)23-33-34(31)42(36)28(24-45-33)15-14-20-46-47(37(4,5)6,29-16-10-8-11-17-29)30-18-12-9-13-19-30/h8-13,16-19,21-23,28H,7,14-15,20,24H2,1-6H3,(H,38,39,44)/t28-/m0/s1. The molecule has 1 aliphatic rings. The molecule has 5 aromatic rings. The Morgan fingerprint density at radius 1 is 1.02 bits per heavy atom. The number of nitrogens with zero attached hydrogens (tertiary/aromatic N) is 4. The van der Waals surface area contributed by atoms with Crippen LogP contribution in [0, 0.1) is 6.92 Å². The Bertz CT molecular complexity index is 1870. The van der Waals surface area contributed by atoms with Gasteiger partial charge in [0.05, 0.1) is 17.3 Å². The second kappa shape index (κ2) is 12.9. The third-order valence-electron chi connectivity index (χ3n) is 9.03. The molecule has 1 aliphatic heterocycles. The molecule has 3 heterocycles. The van der Waals surface area contributed by atoms with Gasteiger partial charge in [-0.15, -0.1) is 0 Å². The molecule has 47 heavy (non-hydrogen) atoms. The average molecular weight is 650 g/mol. The van der Waals surface area contributed by atoms with Gasteiger partial charge in [0, 0.05) is 18.7 Å². The summed E-state index contributed by atoms with van der Waals surface area (Å²) in [5.74, 6) is 0.661. The van der Waals surface area contributed by atoms with Crippen LogP contribution in [0.3, 0.4) is 0 Å². The molecule has 0 spiro atoms. The molecule has 10 heteroatoms. The van der Waals surface area contributed by atoms with Crippen molar-refractivity contribution in [3.05, 3.63) is 95.8 Å². The number of nitrogens with one attached hydrogen (secondary N) is 1. The Hall–Kier alpha value is -4.54. The molecule has 0 saturated carbocycles. The molecule has 244 valence electrons. The molecule has 0 unspecified atom stereocenters. The van der Waals surface area contributed by atoms with Crippen molar-refractivity contribution in [2.45, 2.75) is 72.0 Å². The molecular formula is C37H43N5O4Si. The lowest BCUT2D eigenvalue weighted by atomic mass is 10.1. The van der Waals surface area contributed by atoms with E-state index in [0.29, 0.717) is 48.2 Å². The summed E-state index contributed by atoms with van der Waals surface area (Å²) in [5, 5.41) is 9.88. The van der Waals surface area contributed by atoms with Gasteiger partial charge >= 0.3 is 0 Å². The van der Waals surface area contributed by atoms with Gasteiger partial charge < -0.3 is 13.7 Å². The zero-order chi connectivity index (χ0) is 33.3. The molecule has 0 saturated heterocycles. The Kier molecular flexibility index (Phi) is 8.91. The van der Waals surface area contributed by atoms with Crippen LogP contribution in [0.25, 0.3) is 11.0 Å². The summed E-state index contributed by atoms with van der Waals surface area (Å²) < 4.78 is 17.2. The number of ether oxygens (including phenoxy) is 1. The highest BCUT2D eigenvalue weighted by Gasteiger charge is 2.50. The highest BCUT2D eigenvalue weighted by Crippen LogP contribution is 2.40. The summed E-state index contributed by atoms with van der Waals surface area (Å²) in [6.45, 7) is 13.7.